The highest BCUT2D eigenvalue weighted by molar-refractivity contribution is 5.83. The van der Waals surface area contributed by atoms with E-state index in [9.17, 15) is 4.79 Å². The molecule has 114 valence electrons. The number of hydrogen-bond donors (Lipinski definition) is 1. The molecule has 2 aliphatic rings. The van der Waals surface area contributed by atoms with E-state index >= 15 is 0 Å². The van der Waals surface area contributed by atoms with Crippen molar-refractivity contribution in [1.29, 1.82) is 0 Å². The zero-order chi connectivity index (χ0) is 14.7. The molecule has 21 heavy (non-hydrogen) atoms. The second-order valence-corrected chi connectivity index (χ2v) is 6.60. The Morgan fingerprint density at radius 2 is 2.10 bits per heavy atom. The quantitative estimate of drug-likeness (QED) is 0.837. The number of carbonyl (C=O) groups excluding carboxylic acids is 1. The lowest BCUT2D eigenvalue weighted by molar-refractivity contribution is -0.137. The van der Waals surface area contributed by atoms with Crippen LogP contribution in [0.4, 0.5) is 0 Å². The van der Waals surface area contributed by atoms with Gasteiger partial charge in [0.15, 0.2) is 0 Å². The molecule has 2 atom stereocenters. The first-order valence-electron chi connectivity index (χ1n) is 8.07. The molecule has 0 heterocycles. The molecule has 1 aromatic rings. The second-order valence-electron chi connectivity index (χ2n) is 6.60. The highest BCUT2D eigenvalue weighted by Gasteiger charge is 2.45. The lowest BCUT2D eigenvalue weighted by Gasteiger charge is -2.40. The maximum atomic E-state index is 12.5. The van der Waals surface area contributed by atoms with Gasteiger partial charge in [0.1, 0.15) is 0 Å². The van der Waals surface area contributed by atoms with Crippen LogP contribution in [0.2, 0.25) is 0 Å². The Labute approximate surface area is 127 Å². The molecule has 3 rings (SSSR count). The third kappa shape index (κ3) is 3.13. The summed E-state index contributed by atoms with van der Waals surface area (Å²) < 4.78 is 5.16. The largest absolute Gasteiger partial charge is 0.385 e. The Morgan fingerprint density at radius 3 is 2.71 bits per heavy atom. The van der Waals surface area contributed by atoms with Crippen molar-refractivity contribution < 1.29 is 9.53 Å². The number of hydrogen-bond acceptors (Lipinski definition) is 2. The Kier molecular flexibility index (Phi) is 4.29. The molecule has 0 spiro atoms. The summed E-state index contributed by atoms with van der Waals surface area (Å²) in [6, 6.07) is 10.6. The lowest BCUT2D eigenvalue weighted by atomic mass is 9.66. The van der Waals surface area contributed by atoms with Crippen molar-refractivity contribution in [2.24, 2.45) is 11.3 Å². The highest BCUT2D eigenvalue weighted by atomic mass is 16.5. The summed E-state index contributed by atoms with van der Waals surface area (Å²) in [5, 5.41) is 3.20. The van der Waals surface area contributed by atoms with Gasteiger partial charge >= 0.3 is 0 Å². The van der Waals surface area contributed by atoms with Gasteiger partial charge in [0.05, 0.1) is 5.41 Å². The first-order chi connectivity index (χ1) is 10.2. The Bertz CT molecular complexity index is 481. The third-order valence-corrected chi connectivity index (χ3v) is 5.25. The molecule has 2 fully saturated rings. The number of methoxy groups -OCH3 is 1. The van der Waals surface area contributed by atoms with Crippen molar-refractivity contribution >= 4 is 5.91 Å². The number of amides is 1. The van der Waals surface area contributed by atoms with Gasteiger partial charge in [0.2, 0.25) is 5.91 Å². The van der Waals surface area contributed by atoms with Crippen LogP contribution in [0.25, 0.3) is 0 Å². The normalized spacial score (nSPS) is 26.0. The Balaban J connectivity index is 1.47. The van der Waals surface area contributed by atoms with Gasteiger partial charge in [-0.1, -0.05) is 36.8 Å². The van der Waals surface area contributed by atoms with E-state index in [0.29, 0.717) is 18.4 Å². The molecule has 2 aliphatic carbocycles. The minimum absolute atomic E-state index is 0.132. The molecular weight excluding hydrogens is 262 g/mol. The van der Waals surface area contributed by atoms with E-state index in [1.807, 2.05) is 0 Å². The van der Waals surface area contributed by atoms with Crippen LogP contribution in [0.5, 0.6) is 0 Å². The molecule has 0 aliphatic heterocycles. The van der Waals surface area contributed by atoms with E-state index in [0.717, 1.165) is 25.8 Å². The average Bonchev–Trinajstić information content (AvgIpc) is 3.25. The smallest absolute Gasteiger partial charge is 0.226 e. The van der Waals surface area contributed by atoms with Crippen LogP contribution >= 0.6 is 0 Å². The van der Waals surface area contributed by atoms with Crippen molar-refractivity contribution in [3.05, 3.63) is 35.9 Å². The standard InChI is InChI=1S/C18H25NO2/c1-21-11-10-18(8-5-9-18)17(20)19-13-15-12-16(15)14-6-3-2-4-7-14/h2-4,6-7,15-16H,5,8-13H2,1H3,(H,19,20). The Hall–Kier alpha value is -1.35. The molecule has 3 heteroatoms. The minimum atomic E-state index is -0.132. The molecule has 0 aromatic heterocycles. The van der Waals surface area contributed by atoms with Gasteiger partial charge in [0.25, 0.3) is 0 Å². The monoisotopic (exact) mass is 287 g/mol. The van der Waals surface area contributed by atoms with Crippen molar-refractivity contribution in [3.8, 4) is 0 Å². The first kappa shape index (κ1) is 14.6. The summed E-state index contributed by atoms with van der Waals surface area (Å²) in [5.74, 6) is 1.52. The fourth-order valence-electron chi connectivity index (χ4n) is 3.48. The molecule has 1 N–H and O–H groups in total. The van der Waals surface area contributed by atoms with E-state index in [1.54, 1.807) is 7.11 Å². The lowest BCUT2D eigenvalue weighted by Crippen LogP contribution is -2.46. The van der Waals surface area contributed by atoms with Gasteiger partial charge in [-0.15, -0.1) is 0 Å². The van der Waals surface area contributed by atoms with Crippen LogP contribution < -0.4 is 5.32 Å². The van der Waals surface area contributed by atoms with E-state index in [-0.39, 0.29) is 11.3 Å². The molecule has 0 bridgehead atoms. The van der Waals surface area contributed by atoms with Gasteiger partial charge < -0.3 is 10.1 Å². The zero-order valence-corrected chi connectivity index (χ0v) is 12.8. The summed E-state index contributed by atoms with van der Waals surface area (Å²) in [6.45, 7) is 1.51. The molecule has 1 amide bonds. The van der Waals surface area contributed by atoms with E-state index < -0.39 is 0 Å². The number of benzene rings is 1. The van der Waals surface area contributed by atoms with Crippen LogP contribution in [-0.4, -0.2) is 26.2 Å². The topological polar surface area (TPSA) is 38.3 Å². The number of carbonyl (C=O) groups is 1. The van der Waals surface area contributed by atoms with Gasteiger partial charge in [-0.05, 0) is 43.1 Å². The van der Waals surface area contributed by atoms with Crippen LogP contribution in [0, 0.1) is 11.3 Å². The van der Waals surface area contributed by atoms with Crippen LogP contribution in [-0.2, 0) is 9.53 Å². The molecule has 2 unspecified atom stereocenters. The molecule has 2 saturated carbocycles. The first-order valence-corrected chi connectivity index (χ1v) is 8.07. The maximum Gasteiger partial charge on any atom is 0.226 e. The van der Waals surface area contributed by atoms with Crippen molar-refractivity contribution in [2.75, 3.05) is 20.3 Å². The van der Waals surface area contributed by atoms with Crippen molar-refractivity contribution in [2.45, 2.75) is 38.0 Å². The predicted octanol–water partition coefficient (Wildman–Crippen LogP) is 3.11. The molecule has 0 radical (unpaired) electrons. The second kappa shape index (κ2) is 6.18. The average molecular weight is 287 g/mol. The van der Waals surface area contributed by atoms with Gasteiger partial charge in [-0.25, -0.2) is 0 Å². The minimum Gasteiger partial charge on any atom is -0.385 e. The highest BCUT2D eigenvalue weighted by Crippen LogP contribution is 2.48. The molecule has 1 aromatic carbocycles. The molecular formula is C18H25NO2. The summed E-state index contributed by atoms with van der Waals surface area (Å²) in [5.41, 5.74) is 1.28. The number of rotatable bonds is 7. The summed E-state index contributed by atoms with van der Waals surface area (Å²) in [7, 11) is 1.71. The third-order valence-electron chi connectivity index (χ3n) is 5.25. The van der Waals surface area contributed by atoms with Crippen LogP contribution in [0.15, 0.2) is 30.3 Å². The Morgan fingerprint density at radius 1 is 1.33 bits per heavy atom. The number of ether oxygens (including phenoxy) is 1. The van der Waals surface area contributed by atoms with Crippen molar-refractivity contribution in [1.82, 2.24) is 5.32 Å². The number of nitrogens with one attached hydrogen (secondary N) is 1. The van der Waals surface area contributed by atoms with Crippen LogP contribution in [0.1, 0.15) is 43.6 Å². The fourth-order valence-corrected chi connectivity index (χ4v) is 3.48. The fraction of sp³-hybridized carbons (Fsp3) is 0.611. The van der Waals surface area contributed by atoms with E-state index in [1.165, 1.54) is 18.4 Å². The van der Waals surface area contributed by atoms with Gasteiger partial charge in [-0.2, -0.15) is 0 Å². The predicted molar refractivity (Wildman–Crippen MR) is 83.1 cm³/mol. The van der Waals surface area contributed by atoms with Crippen LogP contribution in [0.3, 0.4) is 0 Å². The molecule has 0 saturated heterocycles. The summed E-state index contributed by atoms with van der Waals surface area (Å²) in [4.78, 5) is 12.5. The maximum absolute atomic E-state index is 12.5. The zero-order valence-electron chi connectivity index (χ0n) is 12.8. The van der Waals surface area contributed by atoms with Gasteiger partial charge in [0, 0.05) is 20.3 Å². The molecule has 3 nitrogen and oxygen atoms in total. The summed E-state index contributed by atoms with van der Waals surface area (Å²) >= 11 is 0. The summed E-state index contributed by atoms with van der Waals surface area (Å²) in [6.07, 6.45) is 5.29. The van der Waals surface area contributed by atoms with E-state index in [4.69, 9.17) is 4.74 Å². The SMILES string of the molecule is COCCC1(C(=O)NCC2CC2c2ccccc2)CCC1. The van der Waals surface area contributed by atoms with Crippen molar-refractivity contribution in [3.63, 3.8) is 0 Å². The van der Waals surface area contributed by atoms with E-state index in [2.05, 4.69) is 35.6 Å². The van der Waals surface area contributed by atoms with Gasteiger partial charge in [-0.3, -0.25) is 4.79 Å².